The number of rotatable bonds is 4. The third kappa shape index (κ3) is 3.20. The van der Waals surface area contributed by atoms with Crippen LogP contribution in [0.4, 0.5) is 5.69 Å². The van der Waals surface area contributed by atoms with Gasteiger partial charge in [0.1, 0.15) is 0 Å². The summed E-state index contributed by atoms with van der Waals surface area (Å²) in [6, 6.07) is 21.0. The monoisotopic (exact) mass is 295 g/mol. The van der Waals surface area contributed by atoms with Crippen molar-refractivity contribution >= 4 is 28.1 Å². The molecule has 0 aliphatic rings. The van der Waals surface area contributed by atoms with Gasteiger partial charge in [-0.25, -0.2) is 0 Å². The van der Waals surface area contributed by atoms with Gasteiger partial charge in [-0.1, -0.05) is 60.1 Å². The smallest absolute Gasteiger partial charge is 0.0426 e. The van der Waals surface area contributed by atoms with E-state index in [1.165, 1.54) is 21.9 Å². The number of hydrogen-bond acceptors (Lipinski definition) is 1. The highest BCUT2D eigenvalue weighted by molar-refractivity contribution is 6.30. The summed E-state index contributed by atoms with van der Waals surface area (Å²) in [6.45, 7) is 2.99. The molecule has 2 heteroatoms. The number of halogens is 1. The summed E-state index contributed by atoms with van der Waals surface area (Å²) >= 11 is 6.05. The zero-order valence-corrected chi connectivity index (χ0v) is 12.8. The minimum absolute atomic E-state index is 0.772. The Balaban J connectivity index is 1.74. The minimum atomic E-state index is 0.772. The summed E-state index contributed by atoms with van der Waals surface area (Å²) in [6.07, 6.45) is 0.993. The van der Waals surface area contributed by atoms with E-state index in [1.807, 2.05) is 18.2 Å². The second-order valence-corrected chi connectivity index (χ2v) is 5.71. The summed E-state index contributed by atoms with van der Waals surface area (Å²) in [4.78, 5) is 0. The van der Waals surface area contributed by atoms with Crippen LogP contribution in [0.25, 0.3) is 10.8 Å². The topological polar surface area (TPSA) is 12.0 Å². The Morgan fingerprint density at radius 1 is 0.952 bits per heavy atom. The van der Waals surface area contributed by atoms with Crippen molar-refractivity contribution in [3.63, 3.8) is 0 Å². The van der Waals surface area contributed by atoms with Gasteiger partial charge in [0.15, 0.2) is 0 Å². The van der Waals surface area contributed by atoms with E-state index < -0.39 is 0 Å². The average Bonchev–Trinajstić information content (AvgIpc) is 2.51. The van der Waals surface area contributed by atoms with Crippen molar-refractivity contribution in [1.82, 2.24) is 0 Å². The van der Waals surface area contributed by atoms with E-state index in [-0.39, 0.29) is 0 Å². The highest BCUT2D eigenvalue weighted by atomic mass is 35.5. The Labute approximate surface area is 130 Å². The molecule has 0 saturated carbocycles. The predicted octanol–water partition coefficient (Wildman–Crippen LogP) is 5.46. The molecule has 106 valence electrons. The number of fused-ring (bicyclic) bond motifs is 1. The normalized spacial score (nSPS) is 10.8. The Morgan fingerprint density at radius 3 is 2.67 bits per heavy atom. The number of aryl methyl sites for hydroxylation is 1. The number of benzene rings is 3. The summed E-state index contributed by atoms with van der Waals surface area (Å²) in [7, 11) is 0. The van der Waals surface area contributed by atoms with Gasteiger partial charge in [0, 0.05) is 17.3 Å². The summed E-state index contributed by atoms with van der Waals surface area (Å²) in [5, 5.41) is 6.89. The lowest BCUT2D eigenvalue weighted by molar-refractivity contribution is 1.03. The summed E-state index contributed by atoms with van der Waals surface area (Å²) in [5.41, 5.74) is 3.71. The van der Waals surface area contributed by atoms with Gasteiger partial charge in [0.2, 0.25) is 0 Å². The third-order valence-electron chi connectivity index (χ3n) is 3.79. The van der Waals surface area contributed by atoms with Crippen LogP contribution in [-0.4, -0.2) is 6.54 Å². The third-order valence-corrected chi connectivity index (χ3v) is 4.02. The maximum atomic E-state index is 6.05. The largest absolute Gasteiger partial charge is 0.384 e. The first-order valence-corrected chi connectivity index (χ1v) is 7.58. The van der Waals surface area contributed by atoms with Crippen LogP contribution in [0, 0.1) is 6.92 Å². The van der Waals surface area contributed by atoms with Crippen LogP contribution < -0.4 is 5.32 Å². The first-order valence-electron chi connectivity index (χ1n) is 7.21. The highest BCUT2D eigenvalue weighted by Gasteiger charge is 2.02. The van der Waals surface area contributed by atoms with Gasteiger partial charge >= 0.3 is 0 Å². The fourth-order valence-corrected chi connectivity index (χ4v) is 2.80. The van der Waals surface area contributed by atoms with Crippen LogP contribution in [0.5, 0.6) is 0 Å². The van der Waals surface area contributed by atoms with Crippen molar-refractivity contribution in [2.45, 2.75) is 13.3 Å². The van der Waals surface area contributed by atoms with Crippen molar-refractivity contribution in [1.29, 1.82) is 0 Å². The Bertz CT molecular complexity index is 759. The maximum absolute atomic E-state index is 6.05. The van der Waals surface area contributed by atoms with Gasteiger partial charge in [-0.15, -0.1) is 0 Å². The average molecular weight is 296 g/mol. The van der Waals surface area contributed by atoms with Crippen LogP contribution in [0.1, 0.15) is 11.1 Å². The Kier molecular flexibility index (Phi) is 4.12. The molecule has 0 fully saturated rings. The molecule has 1 N–H and O–H groups in total. The molecule has 1 nitrogen and oxygen atoms in total. The molecule has 0 heterocycles. The zero-order chi connectivity index (χ0) is 14.7. The van der Waals surface area contributed by atoms with Crippen LogP contribution in [0.3, 0.4) is 0 Å². The molecule has 0 aliphatic heterocycles. The van der Waals surface area contributed by atoms with E-state index in [0.717, 1.165) is 23.7 Å². The molecule has 0 aromatic heterocycles. The molecular weight excluding hydrogens is 278 g/mol. The number of nitrogens with one attached hydrogen (secondary N) is 1. The maximum Gasteiger partial charge on any atom is 0.0426 e. The predicted molar refractivity (Wildman–Crippen MR) is 92.3 cm³/mol. The van der Waals surface area contributed by atoms with Gasteiger partial charge in [-0.05, 0) is 47.4 Å². The van der Waals surface area contributed by atoms with Crippen molar-refractivity contribution in [3.05, 3.63) is 76.8 Å². The molecule has 0 radical (unpaired) electrons. The molecule has 3 rings (SSSR count). The van der Waals surface area contributed by atoms with E-state index in [2.05, 4.69) is 54.7 Å². The molecule has 0 aliphatic carbocycles. The molecule has 21 heavy (non-hydrogen) atoms. The second kappa shape index (κ2) is 6.19. The first kappa shape index (κ1) is 14.0. The summed E-state index contributed by atoms with van der Waals surface area (Å²) in [5.74, 6) is 0. The van der Waals surface area contributed by atoms with E-state index in [9.17, 15) is 0 Å². The fraction of sp³-hybridized carbons (Fsp3) is 0.158. The SMILES string of the molecule is Cc1ccc(Cl)cc1NCCc1cccc2ccccc12. The van der Waals surface area contributed by atoms with Crippen LogP contribution in [-0.2, 0) is 6.42 Å². The van der Waals surface area contributed by atoms with E-state index >= 15 is 0 Å². The summed E-state index contributed by atoms with van der Waals surface area (Å²) < 4.78 is 0. The van der Waals surface area contributed by atoms with Gasteiger partial charge in [-0.3, -0.25) is 0 Å². The molecule has 0 spiro atoms. The van der Waals surface area contributed by atoms with E-state index in [4.69, 9.17) is 11.6 Å². The van der Waals surface area contributed by atoms with Crippen LogP contribution >= 0.6 is 11.6 Å². The van der Waals surface area contributed by atoms with Crippen LogP contribution in [0.2, 0.25) is 5.02 Å². The fourth-order valence-electron chi connectivity index (χ4n) is 2.63. The molecular formula is C19H18ClN. The van der Waals surface area contributed by atoms with Gasteiger partial charge in [0.05, 0.1) is 0 Å². The van der Waals surface area contributed by atoms with Gasteiger partial charge < -0.3 is 5.32 Å². The lowest BCUT2D eigenvalue weighted by Crippen LogP contribution is -2.06. The van der Waals surface area contributed by atoms with Crippen LogP contribution in [0.15, 0.2) is 60.7 Å². The standard InChI is InChI=1S/C19H18ClN/c1-14-9-10-17(20)13-19(14)21-12-11-16-7-4-6-15-5-2-3-8-18(15)16/h2-10,13,21H,11-12H2,1H3. The van der Waals surface area contributed by atoms with Crippen molar-refractivity contribution < 1.29 is 0 Å². The number of hydrogen-bond donors (Lipinski definition) is 1. The van der Waals surface area contributed by atoms with E-state index in [1.54, 1.807) is 0 Å². The number of anilines is 1. The van der Waals surface area contributed by atoms with E-state index in [0.29, 0.717) is 0 Å². The quantitative estimate of drug-likeness (QED) is 0.674. The molecule has 0 atom stereocenters. The lowest BCUT2D eigenvalue weighted by atomic mass is 10.0. The Morgan fingerprint density at radius 2 is 1.76 bits per heavy atom. The Hall–Kier alpha value is -1.99. The molecule has 3 aromatic rings. The lowest BCUT2D eigenvalue weighted by Gasteiger charge is -2.11. The molecule has 0 amide bonds. The first-order chi connectivity index (χ1) is 10.2. The second-order valence-electron chi connectivity index (χ2n) is 5.27. The van der Waals surface area contributed by atoms with Gasteiger partial charge in [-0.2, -0.15) is 0 Å². The molecule has 3 aromatic carbocycles. The zero-order valence-electron chi connectivity index (χ0n) is 12.1. The van der Waals surface area contributed by atoms with Gasteiger partial charge in [0.25, 0.3) is 0 Å². The van der Waals surface area contributed by atoms with Crippen molar-refractivity contribution in [2.24, 2.45) is 0 Å². The molecule has 0 saturated heterocycles. The molecule has 0 unspecified atom stereocenters. The highest BCUT2D eigenvalue weighted by Crippen LogP contribution is 2.21. The molecule has 0 bridgehead atoms. The van der Waals surface area contributed by atoms with Crippen molar-refractivity contribution in [2.75, 3.05) is 11.9 Å². The minimum Gasteiger partial charge on any atom is -0.384 e. The van der Waals surface area contributed by atoms with Crippen molar-refractivity contribution in [3.8, 4) is 0 Å².